The topological polar surface area (TPSA) is 29.1 Å². The number of carbonyl (C=O) groups is 1. The van der Waals surface area contributed by atoms with Gasteiger partial charge in [-0.05, 0) is 43.7 Å². The van der Waals surface area contributed by atoms with Gasteiger partial charge < -0.3 is 5.32 Å². The highest BCUT2D eigenvalue weighted by molar-refractivity contribution is 6.00. The van der Waals surface area contributed by atoms with E-state index in [-0.39, 0.29) is 17.6 Å². The van der Waals surface area contributed by atoms with Gasteiger partial charge in [0.05, 0.1) is 6.04 Å². The summed E-state index contributed by atoms with van der Waals surface area (Å²) >= 11 is 0. The summed E-state index contributed by atoms with van der Waals surface area (Å²) in [6.45, 7) is 0.900. The second-order valence-corrected chi connectivity index (χ2v) is 3.52. The molecule has 1 N–H and O–H groups in total. The van der Waals surface area contributed by atoms with Crippen molar-refractivity contribution in [1.29, 1.82) is 0 Å². The van der Waals surface area contributed by atoms with Crippen molar-refractivity contribution in [1.82, 2.24) is 5.32 Å². The molecule has 1 aliphatic heterocycles. The third-order valence-corrected chi connectivity index (χ3v) is 2.51. The molecule has 1 aromatic rings. The Kier molecular flexibility index (Phi) is 2.59. The fourth-order valence-electron chi connectivity index (χ4n) is 1.72. The average molecular weight is 193 g/mol. The number of hydrogen-bond donors (Lipinski definition) is 1. The number of Topliss-reactive ketones (excluding diaryl/α,β-unsaturated/α-hetero) is 1. The van der Waals surface area contributed by atoms with E-state index in [4.69, 9.17) is 0 Å². The summed E-state index contributed by atoms with van der Waals surface area (Å²) in [4.78, 5) is 11.8. The van der Waals surface area contributed by atoms with Crippen molar-refractivity contribution >= 4 is 5.78 Å². The molecule has 1 atom stereocenters. The minimum Gasteiger partial charge on any atom is -0.307 e. The molecule has 0 saturated carbocycles. The van der Waals surface area contributed by atoms with Crippen molar-refractivity contribution in [2.45, 2.75) is 18.9 Å². The predicted octanol–water partition coefficient (Wildman–Crippen LogP) is 1.76. The summed E-state index contributed by atoms with van der Waals surface area (Å²) in [5.41, 5.74) is 0.589. The van der Waals surface area contributed by atoms with Crippen LogP contribution in [0.25, 0.3) is 0 Å². The summed E-state index contributed by atoms with van der Waals surface area (Å²) in [6, 6.07) is 5.65. The van der Waals surface area contributed by atoms with Crippen LogP contribution in [-0.4, -0.2) is 18.4 Å². The molecule has 1 heterocycles. The average Bonchev–Trinajstić information content (AvgIpc) is 2.71. The second-order valence-electron chi connectivity index (χ2n) is 3.52. The Morgan fingerprint density at radius 3 is 2.64 bits per heavy atom. The molecule has 3 heteroatoms. The summed E-state index contributed by atoms with van der Waals surface area (Å²) < 4.78 is 12.6. The number of nitrogens with one attached hydrogen (secondary N) is 1. The van der Waals surface area contributed by atoms with Crippen molar-refractivity contribution in [3.05, 3.63) is 35.6 Å². The first-order valence-electron chi connectivity index (χ1n) is 4.80. The van der Waals surface area contributed by atoms with Gasteiger partial charge >= 0.3 is 0 Å². The van der Waals surface area contributed by atoms with Crippen molar-refractivity contribution < 1.29 is 9.18 Å². The van der Waals surface area contributed by atoms with Gasteiger partial charge in [0.15, 0.2) is 5.78 Å². The molecule has 0 spiro atoms. The Morgan fingerprint density at radius 2 is 2.07 bits per heavy atom. The summed E-state index contributed by atoms with van der Waals surface area (Å²) in [5.74, 6) is -0.233. The van der Waals surface area contributed by atoms with Crippen LogP contribution in [0.4, 0.5) is 4.39 Å². The van der Waals surface area contributed by atoms with Gasteiger partial charge in [0.2, 0.25) is 0 Å². The van der Waals surface area contributed by atoms with Crippen LogP contribution >= 0.6 is 0 Å². The minimum atomic E-state index is -0.305. The van der Waals surface area contributed by atoms with Gasteiger partial charge in [-0.1, -0.05) is 0 Å². The maximum atomic E-state index is 12.6. The van der Waals surface area contributed by atoms with E-state index >= 15 is 0 Å². The van der Waals surface area contributed by atoms with E-state index in [0.29, 0.717) is 5.56 Å². The van der Waals surface area contributed by atoms with Gasteiger partial charge in [-0.2, -0.15) is 0 Å². The fraction of sp³-hybridized carbons (Fsp3) is 0.364. The quantitative estimate of drug-likeness (QED) is 0.725. The predicted molar refractivity (Wildman–Crippen MR) is 51.8 cm³/mol. The Balaban J connectivity index is 2.14. The monoisotopic (exact) mass is 193 g/mol. The maximum Gasteiger partial charge on any atom is 0.179 e. The smallest absolute Gasteiger partial charge is 0.179 e. The van der Waals surface area contributed by atoms with Gasteiger partial charge in [-0.25, -0.2) is 4.39 Å². The van der Waals surface area contributed by atoms with E-state index in [9.17, 15) is 9.18 Å². The summed E-state index contributed by atoms with van der Waals surface area (Å²) in [5, 5.41) is 3.13. The van der Waals surface area contributed by atoms with Crippen molar-refractivity contribution in [3.8, 4) is 0 Å². The van der Waals surface area contributed by atoms with Gasteiger partial charge in [0.1, 0.15) is 5.82 Å². The SMILES string of the molecule is O=C(c1ccc(F)cc1)C1CCCN1. The molecule has 1 aliphatic rings. The number of ketones is 1. The van der Waals surface area contributed by atoms with Gasteiger partial charge in [-0.3, -0.25) is 4.79 Å². The van der Waals surface area contributed by atoms with Crippen LogP contribution in [0.1, 0.15) is 23.2 Å². The number of benzene rings is 1. The van der Waals surface area contributed by atoms with Crippen LogP contribution in [0.5, 0.6) is 0 Å². The molecule has 1 unspecified atom stereocenters. The standard InChI is InChI=1S/C11H12FNO/c12-9-5-3-8(4-6-9)11(14)10-2-1-7-13-10/h3-6,10,13H,1-2,7H2. The van der Waals surface area contributed by atoms with Crippen molar-refractivity contribution in [3.63, 3.8) is 0 Å². The molecular formula is C11H12FNO. The second kappa shape index (κ2) is 3.88. The van der Waals surface area contributed by atoms with Crippen LogP contribution in [-0.2, 0) is 0 Å². The Morgan fingerprint density at radius 1 is 1.36 bits per heavy atom. The first-order valence-corrected chi connectivity index (χ1v) is 4.80. The molecule has 0 radical (unpaired) electrons. The van der Waals surface area contributed by atoms with E-state index in [0.717, 1.165) is 19.4 Å². The van der Waals surface area contributed by atoms with E-state index in [1.807, 2.05) is 0 Å². The number of halogens is 1. The summed E-state index contributed by atoms with van der Waals surface area (Å²) in [7, 11) is 0. The number of carbonyl (C=O) groups excluding carboxylic acids is 1. The lowest BCUT2D eigenvalue weighted by Crippen LogP contribution is -2.30. The third kappa shape index (κ3) is 1.82. The Bertz CT molecular complexity index is 328. The first kappa shape index (κ1) is 9.34. The first-order chi connectivity index (χ1) is 6.77. The molecule has 0 aromatic heterocycles. The Hall–Kier alpha value is -1.22. The lowest BCUT2D eigenvalue weighted by molar-refractivity contribution is 0.0952. The molecule has 2 nitrogen and oxygen atoms in total. The molecule has 1 fully saturated rings. The maximum absolute atomic E-state index is 12.6. The van der Waals surface area contributed by atoms with E-state index in [2.05, 4.69) is 5.32 Å². The lowest BCUT2D eigenvalue weighted by Gasteiger charge is -2.08. The third-order valence-electron chi connectivity index (χ3n) is 2.51. The van der Waals surface area contributed by atoms with Crippen molar-refractivity contribution in [2.75, 3.05) is 6.54 Å². The molecule has 0 aliphatic carbocycles. The molecule has 0 bridgehead atoms. The molecule has 1 saturated heterocycles. The zero-order valence-corrected chi connectivity index (χ0v) is 7.79. The van der Waals surface area contributed by atoms with Gasteiger partial charge in [0.25, 0.3) is 0 Å². The van der Waals surface area contributed by atoms with Gasteiger partial charge in [-0.15, -0.1) is 0 Å². The molecule has 14 heavy (non-hydrogen) atoms. The largest absolute Gasteiger partial charge is 0.307 e. The highest BCUT2D eigenvalue weighted by atomic mass is 19.1. The lowest BCUT2D eigenvalue weighted by atomic mass is 10.0. The number of rotatable bonds is 2. The van der Waals surface area contributed by atoms with Crippen molar-refractivity contribution in [2.24, 2.45) is 0 Å². The van der Waals surface area contributed by atoms with Crippen LogP contribution < -0.4 is 5.32 Å². The van der Waals surface area contributed by atoms with E-state index < -0.39 is 0 Å². The van der Waals surface area contributed by atoms with Crippen LogP contribution in [0, 0.1) is 5.82 Å². The van der Waals surface area contributed by atoms with E-state index in [1.165, 1.54) is 24.3 Å². The minimum absolute atomic E-state index is 0.0690. The zero-order valence-electron chi connectivity index (χ0n) is 7.79. The normalized spacial score (nSPS) is 21.1. The van der Waals surface area contributed by atoms with Crippen LogP contribution in [0.3, 0.4) is 0 Å². The molecular weight excluding hydrogens is 181 g/mol. The highest BCUT2D eigenvalue weighted by Crippen LogP contribution is 2.12. The number of hydrogen-bond acceptors (Lipinski definition) is 2. The van der Waals surface area contributed by atoms with Crippen LogP contribution in [0.2, 0.25) is 0 Å². The molecule has 74 valence electrons. The fourth-order valence-corrected chi connectivity index (χ4v) is 1.72. The summed E-state index contributed by atoms with van der Waals surface area (Å²) in [6.07, 6.45) is 1.92. The molecule has 0 amide bonds. The highest BCUT2D eigenvalue weighted by Gasteiger charge is 2.22. The van der Waals surface area contributed by atoms with E-state index in [1.54, 1.807) is 0 Å². The van der Waals surface area contributed by atoms with Crippen LogP contribution in [0.15, 0.2) is 24.3 Å². The van der Waals surface area contributed by atoms with Gasteiger partial charge in [0, 0.05) is 5.56 Å². The zero-order chi connectivity index (χ0) is 9.97. The molecule has 2 rings (SSSR count). The molecule has 1 aromatic carbocycles. The Labute approximate surface area is 82.1 Å².